The van der Waals surface area contributed by atoms with Gasteiger partial charge in [-0.25, -0.2) is 8.42 Å². The molecule has 98 valence electrons. The minimum Gasteiger partial charge on any atom is -0.258 e. The van der Waals surface area contributed by atoms with Crippen LogP contribution in [0.15, 0.2) is 29.2 Å². The third-order valence-electron chi connectivity index (χ3n) is 3.07. The molecule has 1 aromatic rings. The highest BCUT2D eigenvalue weighted by Crippen LogP contribution is 2.29. The first kappa shape index (κ1) is 13.0. The molecule has 0 amide bonds. The van der Waals surface area contributed by atoms with Crippen LogP contribution in [0.25, 0.3) is 0 Å². The number of nitro benzene ring substituents is 1. The molecule has 7 heteroatoms. The first-order chi connectivity index (χ1) is 8.43. The minimum absolute atomic E-state index is 0.218. The molecule has 0 saturated carbocycles. The minimum atomic E-state index is -3.76. The zero-order chi connectivity index (χ0) is 13.3. The lowest BCUT2D eigenvalue weighted by Crippen LogP contribution is -2.29. The summed E-state index contributed by atoms with van der Waals surface area (Å²) in [4.78, 5) is 9.99. The van der Waals surface area contributed by atoms with Crippen molar-refractivity contribution in [1.29, 1.82) is 0 Å². The predicted molar refractivity (Wildman–Crippen MR) is 65.6 cm³/mol. The molecule has 1 heterocycles. The fourth-order valence-electron chi connectivity index (χ4n) is 2.08. The Balaban J connectivity index is 2.45. The van der Waals surface area contributed by atoms with Crippen LogP contribution in [0, 0.1) is 16.0 Å². The number of benzene rings is 1. The average Bonchev–Trinajstić information content (AvgIpc) is 2.76. The topological polar surface area (TPSA) is 80.5 Å². The van der Waals surface area contributed by atoms with Crippen molar-refractivity contribution in [2.24, 2.45) is 5.92 Å². The molecule has 1 aromatic carbocycles. The van der Waals surface area contributed by atoms with Crippen LogP contribution >= 0.6 is 0 Å². The largest absolute Gasteiger partial charge is 0.289 e. The summed E-state index contributed by atoms with van der Waals surface area (Å²) in [6.07, 6.45) is 0.792. The van der Waals surface area contributed by atoms with E-state index in [0.717, 1.165) is 6.42 Å². The molecule has 1 unspecified atom stereocenters. The third-order valence-corrected chi connectivity index (χ3v) is 4.98. The van der Waals surface area contributed by atoms with Gasteiger partial charge in [-0.2, -0.15) is 4.31 Å². The summed E-state index contributed by atoms with van der Waals surface area (Å²) in [5, 5.41) is 10.9. The number of nitro groups is 1. The second-order valence-corrected chi connectivity index (χ2v) is 6.39. The molecule has 0 bridgehead atoms. The van der Waals surface area contributed by atoms with E-state index in [-0.39, 0.29) is 10.6 Å². The van der Waals surface area contributed by atoms with Gasteiger partial charge in [0.05, 0.1) is 4.92 Å². The van der Waals surface area contributed by atoms with E-state index in [1.54, 1.807) is 0 Å². The van der Waals surface area contributed by atoms with Crippen LogP contribution < -0.4 is 0 Å². The highest BCUT2D eigenvalue weighted by Gasteiger charge is 2.34. The first-order valence-corrected chi connectivity index (χ1v) is 7.10. The maximum absolute atomic E-state index is 12.3. The van der Waals surface area contributed by atoms with Crippen molar-refractivity contribution in [3.8, 4) is 0 Å². The van der Waals surface area contributed by atoms with Crippen molar-refractivity contribution >= 4 is 15.7 Å². The molecule has 2 rings (SSSR count). The zero-order valence-corrected chi connectivity index (χ0v) is 10.8. The molecule has 0 aromatic heterocycles. The maximum atomic E-state index is 12.3. The Labute approximate surface area is 105 Å². The van der Waals surface area contributed by atoms with E-state index < -0.39 is 14.9 Å². The molecule has 0 radical (unpaired) electrons. The number of para-hydroxylation sites is 1. The van der Waals surface area contributed by atoms with Crippen molar-refractivity contribution < 1.29 is 13.3 Å². The Bertz CT molecular complexity index is 570. The molecule has 1 fully saturated rings. The van der Waals surface area contributed by atoms with Gasteiger partial charge < -0.3 is 0 Å². The molecule has 1 aliphatic rings. The lowest BCUT2D eigenvalue weighted by molar-refractivity contribution is -0.387. The van der Waals surface area contributed by atoms with Gasteiger partial charge in [-0.1, -0.05) is 19.1 Å². The monoisotopic (exact) mass is 270 g/mol. The van der Waals surface area contributed by atoms with Crippen LogP contribution in [0.1, 0.15) is 13.3 Å². The summed E-state index contributed by atoms with van der Waals surface area (Å²) in [7, 11) is -3.76. The summed E-state index contributed by atoms with van der Waals surface area (Å²) < 4.78 is 26.0. The Morgan fingerprint density at radius 1 is 1.39 bits per heavy atom. The first-order valence-electron chi connectivity index (χ1n) is 5.66. The van der Waals surface area contributed by atoms with Gasteiger partial charge in [0.1, 0.15) is 0 Å². The van der Waals surface area contributed by atoms with Gasteiger partial charge in [-0.3, -0.25) is 10.1 Å². The zero-order valence-electron chi connectivity index (χ0n) is 9.94. The molecule has 18 heavy (non-hydrogen) atoms. The lowest BCUT2D eigenvalue weighted by atomic mass is 10.2. The van der Waals surface area contributed by atoms with Gasteiger partial charge in [0.15, 0.2) is 4.90 Å². The molecular weight excluding hydrogens is 256 g/mol. The SMILES string of the molecule is CC1CCN(S(=O)(=O)c2ccccc2[N+](=O)[O-])C1. The van der Waals surface area contributed by atoms with Crippen LogP contribution in [0.4, 0.5) is 5.69 Å². The highest BCUT2D eigenvalue weighted by atomic mass is 32.2. The van der Waals surface area contributed by atoms with Crippen molar-refractivity contribution in [2.75, 3.05) is 13.1 Å². The van der Waals surface area contributed by atoms with Gasteiger partial charge in [0, 0.05) is 19.2 Å². The number of hydrogen-bond acceptors (Lipinski definition) is 4. The van der Waals surface area contributed by atoms with Crippen LogP contribution in [-0.2, 0) is 10.0 Å². The lowest BCUT2D eigenvalue weighted by Gasteiger charge is -2.15. The normalized spacial score (nSPS) is 21.1. The van der Waals surface area contributed by atoms with Crippen LogP contribution in [0.2, 0.25) is 0 Å². The summed E-state index contributed by atoms with van der Waals surface area (Å²) in [5.41, 5.74) is -0.364. The van der Waals surface area contributed by atoms with E-state index in [4.69, 9.17) is 0 Å². The van der Waals surface area contributed by atoms with Crippen LogP contribution in [0.3, 0.4) is 0 Å². The van der Waals surface area contributed by atoms with Crippen LogP contribution in [0.5, 0.6) is 0 Å². The second-order valence-electron chi connectivity index (χ2n) is 4.48. The summed E-state index contributed by atoms with van der Waals surface area (Å²) in [6.45, 7) is 2.82. The quantitative estimate of drug-likeness (QED) is 0.617. The Kier molecular flexibility index (Phi) is 3.36. The van der Waals surface area contributed by atoms with Gasteiger partial charge in [0.2, 0.25) is 10.0 Å². The molecule has 0 spiro atoms. The summed E-state index contributed by atoms with van der Waals surface area (Å²) in [5.74, 6) is 0.294. The van der Waals surface area contributed by atoms with Gasteiger partial charge in [-0.05, 0) is 18.4 Å². The molecule has 1 saturated heterocycles. The second kappa shape index (κ2) is 4.66. The van der Waals surface area contributed by atoms with E-state index >= 15 is 0 Å². The Hall–Kier alpha value is -1.47. The fraction of sp³-hybridized carbons (Fsp3) is 0.455. The van der Waals surface area contributed by atoms with Gasteiger partial charge >= 0.3 is 0 Å². The Morgan fingerprint density at radius 3 is 2.61 bits per heavy atom. The predicted octanol–water partition coefficient (Wildman–Crippen LogP) is 1.63. The number of sulfonamides is 1. The molecule has 1 atom stereocenters. The summed E-state index contributed by atoms with van der Waals surface area (Å²) >= 11 is 0. The van der Waals surface area contributed by atoms with Crippen LogP contribution in [-0.4, -0.2) is 30.7 Å². The van der Waals surface area contributed by atoms with Gasteiger partial charge in [-0.15, -0.1) is 0 Å². The standard InChI is InChI=1S/C11H14N2O4S/c1-9-6-7-12(8-9)18(16,17)11-5-3-2-4-10(11)13(14)15/h2-5,9H,6-8H2,1H3. The Morgan fingerprint density at radius 2 is 2.06 bits per heavy atom. The number of hydrogen-bond donors (Lipinski definition) is 0. The van der Waals surface area contributed by atoms with Gasteiger partial charge in [0.25, 0.3) is 5.69 Å². The van der Waals surface area contributed by atoms with E-state index in [1.807, 2.05) is 6.92 Å². The van der Waals surface area contributed by atoms with E-state index in [9.17, 15) is 18.5 Å². The van der Waals surface area contributed by atoms with Crippen molar-refractivity contribution in [3.63, 3.8) is 0 Å². The summed E-state index contributed by atoms with van der Waals surface area (Å²) in [6, 6.07) is 5.46. The van der Waals surface area contributed by atoms with E-state index in [0.29, 0.717) is 19.0 Å². The molecule has 0 N–H and O–H groups in total. The molecule has 1 aliphatic heterocycles. The number of nitrogens with zero attached hydrogens (tertiary/aromatic N) is 2. The van der Waals surface area contributed by atoms with E-state index in [2.05, 4.69) is 0 Å². The highest BCUT2D eigenvalue weighted by molar-refractivity contribution is 7.89. The number of rotatable bonds is 3. The van der Waals surface area contributed by atoms with Crippen molar-refractivity contribution in [3.05, 3.63) is 34.4 Å². The fourth-order valence-corrected chi connectivity index (χ4v) is 3.81. The average molecular weight is 270 g/mol. The van der Waals surface area contributed by atoms with E-state index in [1.165, 1.54) is 28.6 Å². The van der Waals surface area contributed by atoms with Crippen molar-refractivity contribution in [2.45, 2.75) is 18.2 Å². The molecule has 0 aliphatic carbocycles. The third kappa shape index (κ3) is 2.23. The molecule has 6 nitrogen and oxygen atoms in total. The smallest absolute Gasteiger partial charge is 0.258 e. The molecular formula is C11H14N2O4S. The van der Waals surface area contributed by atoms with Crippen molar-refractivity contribution in [1.82, 2.24) is 4.31 Å². The maximum Gasteiger partial charge on any atom is 0.289 e.